The minimum Gasteiger partial charge on any atom is -0.463 e. The average molecular weight is 810 g/mol. The molecule has 0 aromatic heterocycles. The largest absolute Gasteiger partial charge is 0.463 e. The third kappa shape index (κ3) is 29.6. The molecule has 1 saturated heterocycles. The van der Waals surface area contributed by atoms with Crippen molar-refractivity contribution < 1.29 is 42.9 Å². The van der Waals surface area contributed by atoms with Crippen molar-refractivity contribution in [1.29, 1.82) is 0 Å². The number of hydrogen-bond donors (Lipinski definition) is 0. The lowest BCUT2D eigenvalue weighted by molar-refractivity contribution is -0.200. The molecule has 1 fully saturated rings. The summed E-state index contributed by atoms with van der Waals surface area (Å²) >= 11 is 0. The van der Waals surface area contributed by atoms with Crippen molar-refractivity contribution in [2.45, 2.75) is 251 Å². The van der Waals surface area contributed by atoms with Gasteiger partial charge in [0, 0.05) is 25.7 Å². The van der Waals surface area contributed by atoms with Gasteiger partial charge in [0.2, 0.25) is 12.4 Å². The standard InChI is InChI=1S/C47H87NO9/c1-6-9-12-15-18-21-24-27-30-34-42(50)55-45-40(39-53-41(49)37-33-38-48(4)5)54-47(57-44(52)36-32-29-26-23-20-17-14-11-8-3)46(45)56-43(51)35-31-28-25-22-19-16-13-10-7-2/h40,45-47H,6-39H2,1-5H3/t40-,45?,46+,47+/m1/s1. The van der Waals surface area contributed by atoms with E-state index in [1.54, 1.807) is 0 Å². The molecule has 1 heterocycles. The van der Waals surface area contributed by atoms with Crippen LogP contribution in [0.3, 0.4) is 0 Å². The van der Waals surface area contributed by atoms with Gasteiger partial charge in [0.25, 0.3) is 0 Å². The van der Waals surface area contributed by atoms with Gasteiger partial charge in [-0.2, -0.15) is 0 Å². The topological polar surface area (TPSA) is 118 Å². The monoisotopic (exact) mass is 810 g/mol. The van der Waals surface area contributed by atoms with Crippen LogP contribution >= 0.6 is 0 Å². The van der Waals surface area contributed by atoms with Crippen LogP contribution in [-0.4, -0.2) is 80.6 Å². The van der Waals surface area contributed by atoms with Crippen LogP contribution < -0.4 is 0 Å². The SMILES string of the molecule is CCCCCCCCCCCC(=O)OC1[C@@H](COC(=O)CCCN(C)C)O[C@@H](OC(=O)CCCCCCCCCCC)[C@H]1OC(=O)CCCCCCCCCCC. The zero-order valence-corrected chi connectivity index (χ0v) is 37.5. The first-order valence-corrected chi connectivity index (χ1v) is 23.8. The molecule has 1 rings (SSSR count). The van der Waals surface area contributed by atoms with Crippen LogP contribution in [0, 0.1) is 0 Å². The fraction of sp³-hybridized carbons (Fsp3) is 0.915. The van der Waals surface area contributed by atoms with Gasteiger partial charge in [0.05, 0.1) is 0 Å². The molecule has 0 spiro atoms. The highest BCUT2D eigenvalue weighted by atomic mass is 16.8. The molecule has 0 bridgehead atoms. The zero-order chi connectivity index (χ0) is 41.8. The van der Waals surface area contributed by atoms with E-state index in [4.69, 9.17) is 23.7 Å². The maximum atomic E-state index is 13.3. The third-order valence-electron chi connectivity index (χ3n) is 10.9. The molecule has 0 saturated carbocycles. The smallest absolute Gasteiger partial charge is 0.308 e. The summed E-state index contributed by atoms with van der Waals surface area (Å²) in [7, 11) is 3.89. The first kappa shape index (κ1) is 52.8. The molecule has 1 aliphatic heterocycles. The lowest BCUT2D eigenvalue weighted by atomic mass is 10.1. The van der Waals surface area contributed by atoms with Crippen molar-refractivity contribution in [3.05, 3.63) is 0 Å². The number of ether oxygens (including phenoxy) is 5. The summed E-state index contributed by atoms with van der Waals surface area (Å²) in [6.45, 7) is 7.18. The predicted molar refractivity (Wildman–Crippen MR) is 229 cm³/mol. The number of carbonyl (C=O) groups is 4. The summed E-state index contributed by atoms with van der Waals surface area (Å²) in [5, 5.41) is 0. The fourth-order valence-electron chi connectivity index (χ4n) is 7.32. The Hall–Kier alpha value is -2.20. The number of carbonyl (C=O) groups excluding carboxylic acids is 4. The minimum absolute atomic E-state index is 0.204. The Kier molecular flexibility index (Phi) is 34.1. The molecule has 0 N–H and O–H groups in total. The quantitative estimate of drug-likeness (QED) is 0.0337. The highest BCUT2D eigenvalue weighted by Crippen LogP contribution is 2.30. The molecule has 0 aromatic carbocycles. The molecule has 4 atom stereocenters. The van der Waals surface area contributed by atoms with Gasteiger partial charge in [-0.15, -0.1) is 0 Å². The van der Waals surface area contributed by atoms with E-state index in [0.717, 1.165) is 64.3 Å². The van der Waals surface area contributed by atoms with E-state index in [9.17, 15) is 19.2 Å². The van der Waals surface area contributed by atoms with Gasteiger partial charge in [0.1, 0.15) is 12.7 Å². The molecule has 0 radical (unpaired) electrons. The van der Waals surface area contributed by atoms with Gasteiger partial charge in [-0.05, 0) is 46.3 Å². The molecular formula is C47H87NO9. The van der Waals surface area contributed by atoms with E-state index in [2.05, 4.69) is 20.8 Å². The maximum absolute atomic E-state index is 13.3. The zero-order valence-electron chi connectivity index (χ0n) is 37.5. The molecule has 334 valence electrons. The van der Waals surface area contributed by atoms with E-state index in [-0.39, 0.29) is 32.3 Å². The summed E-state index contributed by atoms with van der Waals surface area (Å²) in [6, 6.07) is 0. The number of nitrogens with zero attached hydrogens (tertiary/aromatic N) is 1. The summed E-state index contributed by atoms with van der Waals surface area (Å²) in [5.74, 6) is -1.74. The van der Waals surface area contributed by atoms with Crippen LogP contribution in [0.5, 0.6) is 0 Å². The van der Waals surface area contributed by atoms with E-state index in [1.807, 2.05) is 19.0 Å². The second kappa shape index (κ2) is 36.8. The van der Waals surface area contributed by atoms with Crippen molar-refractivity contribution in [3.8, 4) is 0 Å². The second-order valence-electron chi connectivity index (χ2n) is 16.8. The van der Waals surface area contributed by atoms with Gasteiger partial charge in [-0.3, -0.25) is 19.2 Å². The molecule has 10 nitrogen and oxygen atoms in total. The summed E-state index contributed by atoms with van der Waals surface area (Å²) in [4.78, 5) is 54.4. The minimum atomic E-state index is -1.27. The van der Waals surface area contributed by atoms with Crippen molar-refractivity contribution >= 4 is 23.9 Å². The van der Waals surface area contributed by atoms with E-state index < -0.39 is 48.5 Å². The van der Waals surface area contributed by atoms with Gasteiger partial charge < -0.3 is 28.6 Å². The molecule has 1 unspecified atom stereocenters. The number of hydrogen-bond acceptors (Lipinski definition) is 10. The first-order chi connectivity index (χ1) is 27.7. The van der Waals surface area contributed by atoms with Crippen molar-refractivity contribution in [2.75, 3.05) is 27.2 Å². The van der Waals surface area contributed by atoms with E-state index in [1.165, 1.54) is 96.3 Å². The Morgan fingerprint density at radius 2 is 0.754 bits per heavy atom. The first-order valence-electron chi connectivity index (χ1n) is 23.8. The predicted octanol–water partition coefficient (Wildman–Crippen LogP) is 11.7. The van der Waals surface area contributed by atoms with E-state index >= 15 is 0 Å². The maximum Gasteiger partial charge on any atom is 0.308 e. The molecule has 0 aliphatic carbocycles. The molecular weight excluding hydrogens is 723 g/mol. The molecule has 0 amide bonds. The van der Waals surface area contributed by atoms with Crippen LogP contribution in [-0.2, 0) is 42.9 Å². The van der Waals surface area contributed by atoms with Crippen molar-refractivity contribution in [1.82, 2.24) is 4.90 Å². The van der Waals surface area contributed by atoms with Crippen molar-refractivity contribution in [2.24, 2.45) is 0 Å². The van der Waals surface area contributed by atoms with Crippen LogP contribution in [0.25, 0.3) is 0 Å². The Labute approximate surface area is 348 Å². The third-order valence-corrected chi connectivity index (χ3v) is 10.9. The Morgan fingerprint density at radius 3 is 1.14 bits per heavy atom. The van der Waals surface area contributed by atoms with Crippen LogP contribution in [0.15, 0.2) is 0 Å². The highest BCUT2D eigenvalue weighted by molar-refractivity contribution is 5.72. The summed E-state index contributed by atoms with van der Waals surface area (Å²) in [6.07, 6.45) is 27.3. The Balaban J connectivity index is 2.92. The average Bonchev–Trinajstić information content (AvgIpc) is 3.48. The van der Waals surface area contributed by atoms with Crippen LogP contribution in [0.2, 0.25) is 0 Å². The van der Waals surface area contributed by atoms with Crippen LogP contribution in [0.1, 0.15) is 226 Å². The van der Waals surface area contributed by atoms with Gasteiger partial charge in [0.15, 0.2) is 6.10 Å². The highest BCUT2D eigenvalue weighted by Gasteiger charge is 2.52. The number of rotatable bonds is 39. The number of esters is 4. The lowest BCUT2D eigenvalue weighted by Gasteiger charge is -2.24. The Morgan fingerprint density at radius 1 is 0.421 bits per heavy atom. The lowest BCUT2D eigenvalue weighted by Crippen LogP contribution is -2.42. The fourth-order valence-corrected chi connectivity index (χ4v) is 7.32. The Bertz CT molecular complexity index is 1010. The number of unbranched alkanes of at least 4 members (excludes halogenated alkanes) is 24. The normalized spacial score (nSPS) is 17.9. The molecule has 1 aliphatic rings. The summed E-state index contributed by atoms with van der Waals surface area (Å²) < 4.78 is 29.5. The van der Waals surface area contributed by atoms with Gasteiger partial charge >= 0.3 is 23.9 Å². The van der Waals surface area contributed by atoms with Crippen LogP contribution in [0.4, 0.5) is 0 Å². The molecule has 0 aromatic rings. The van der Waals surface area contributed by atoms with Gasteiger partial charge in [-0.1, -0.05) is 175 Å². The molecule has 57 heavy (non-hydrogen) atoms. The van der Waals surface area contributed by atoms with Gasteiger partial charge in [-0.25, -0.2) is 0 Å². The molecule has 10 heteroatoms. The second-order valence-corrected chi connectivity index (χ2v) is 16.8. The van der Waals surface area contributed by atoms with Crippen molar-refractivity contribution in [3.63, 3.8) is 0 Å². The summed E-state index contributed by atoms with van der Waals surface area (Å²) in [5.41, 5.74) is 0. The van der Waals surface area contributed by atoms with E-state index in [0.29, 0.717) is 25.7 Å².